The lowest BCUT2D eigenvalue weighted by Crippen LogP contribution is -2.33. The third-order valence-corrected chi connectivity index (χ3v) is 5.80. The highest BCUT2D eigenvalue weighted by Crippen LogP contribution is 2.29. The van der Waals surface area contributed by atoms with Crippen LogP contribution in [0.25, 0.3) is 0 Å². The number of rotatable bonds is 3. The fraction of sp³-hybridized carbons (Fsp3) is 0.471. The summed E-state index contributed by atoms with van der Waals surface area (Å²) in [6.07, 6.45) is 3.61. The Balaban J connectivity index is 1.55. The third-order valence-electron chi connectivity index (χ3n) is 4.18. The highest BCUT2D eigenvalue weighted by atomic mass is 35.5. The first-order chi connectivity index (χ1) is 11.5. The van der Waals surface area contributed by atoms with Gasteiger partial charge in [-0.1, -0.05) is 29.4 Å². The number of halogens is 1. The molecule has 0 radical (unpaired) electrons. The van der Waals surface area contributed by atoms with Gasteiger partial charge in [0, 0.05) is 30.2 Å². The van der Waals surface area contributed by atoms with Crippen LogP contribution < -0.4 is 5.32 Å². The molecule has 1 N–H and O–H groups in total. The summed E-state index contributed by atoms with van der Waals surface area (Å²) in [6, 6.07) is 5.37. The van der Waals surface area contributed by atoms with Crippen LogP contribution in [0.1, 0.15) is 31.2 Å². The number of piperidine rings is 1. The average Bonchev–Trinajstić information content (AvgIpc) is 2.93. The smallest absolute Gasteiger partial charge is 0.262 e. The Morgan fingerprint density at radius 2 is 2.12 bits per heavy atom. The molecule has 0 saturated carbocycles. The topological polar surface area (TPSA) is 61.8 Å². The number of carbonyl (C=O) groups is 2. The van der Waals surface area contributed by atoms with E-state index in [0.29, 0.717) is 10.7 Å². The molecule has 1 saturated heterocycles. The summed E-state index contributed by atoms with van der Waals surface area (Å²) in [7, 11) is 0. The molecule has 0 aromatic heterocycles. The van der Waals surface area contributed by atoms with Gasteiger partial charge in [0.05, 0.1) is 0 Å². The standard InChI is InChI=1S/C17H20ClN3O2S/c1-11-5-6-12(9-13(11)18)19-15(22)10-14-16(23)20-17(24-14)21-7-3-2-4-8-21/h5-6,9,14H,2-4,7-8,10H2,1H3,(H,19,22)/t14-/m1/s1. The van der Waals surface area contributed by atoms with E-state index in [2.05, 4.69) is 15.2 Å². The lowest BCUT2D eigenvalue weighted by molar-refractivity contribution is -0.121. The average molecular weight is 366 g/mol. The molecule has 0 aliphatic carbocycles. The minimum atomic E-state index is -0.428. The lowest BCUT2D eigenvalue weighted by Gasteiger charge is -2.27. The number of amidine groups is 1. The molecule has 2 aliphatic rings. The fourth-order valence-corrected chi connectivity index (χ4v) is 4.08. The van der Waals surface area contributed by atoms with Crippen molar-refractivity contribution < 1.29 is 9.59 Å². The van der Waals surface area contributed by atoms with E-state index in [1.807, 2.05) is 13.0 Å². The molecule has 0 unspecified atom stereocenters. The van der Waals surface area contributed by atoms with Crippen molar-refractivity contribution in [2.45, 2.75) is 37.9 Å². The van der Waals surface area contributed by atoms with Gasteiger partial charge in [0.25, 0.3) is 5.91 Å². The van der Waals surface area contributed by atoms with Crippen LogP contribution in [0.4, 0.5) is 5.69 Å². The Bertz CT molecular complexity index is 686. The van der Waals surface area contributed by atoms with Crippen molar-refractivity contribution in [1.29, 1.82) is 0 Å². The van der Waals surface area contributed by atoms with E-state index in [4.69, 9.17) is 11.6 Å². The third kappa shape index (κ3) is 4.11. The van der Waals surface area contributed by atoms with E-state index in [-0.39, 0.29) is 18.2 Å². The van der Waals surface area contributed by atoms with Crippen LogP contribution in [0, 0.1) is 6.92 Å². The normalized spacial score (nSPS) is 20.9. The van der Waals surface area contributed by atoms with Crippen molar-refractivity contribution in [3.63, 3.8) is 0 Å². The zero-order chi connectivity index (χ0) is 17.1. The Morgan fingerprint density at radius 1 is 1.38 bits per heavy atom. The first-order valence-corrected chi connectivity index (χ1v) is 9.39. The summed E-state index contributed by atoms with van der Waals surface area (Å²) in [5, 5.41) is 3.75. The van der Waals surface area contributed by atoms with E-state index in [1.165, 1.54) is 18.2 Å². The number of amides is 2. The molecule has 3 rings (SSSR count). The van der Waals surface area contributed by atoms with Crippen LogP contribution in [0.5, 0.6) is 0 Å². The molecule has 2 heterocycles. The summed E-state index contributed by atoms with van der Waals surface area (Å²) < 4.78 is 0. The number of benzene rings is 1. The number of aliphatic imine (C=N–C) groups is 1. The second kappa shape index (κ2) is 7.57. The van der Waals surface area contributed by atoms with Crippen molar-refractivity contribution in [3.8, 4) is 0 Å². The first-order valence-electron chi connectivity index (χ1n) is 8.13. The summed E-state index contributed by atoms with van der Waals surface area (Å²) >= 11 is 7.47. The van der Waals surface area contributed by atoms with Gasteiger partial charge < -0.3 is 10.2 Å². The van der Waals surface area contributed by atoms with E-state index in [9.17, 15) is 9.59 Å². The van der Waals surface area contributed by atoms with E-state index in [1.54, 1.807) is 12.1 Å². The van der Waals surface area contributed by atoms with Crippen molar-refractivity contribution in [3.05, 3.63) is 28.8 Å². The van der Waals surface area contributed by atoms with Crippen LogP contribution >= 0.6 is 23.4 Å². The van der Waals surface area contributed by atoms with Gasteiger partial charge in [0.2, 0.25) is 5.91 Å². The zero-order valence-corrected chi connectivity index (χ0v) is 15.1. The van der Waals surface area contributed by atoms with Crippen LogP contribution in [0.2, 0.25) is 5.02 Å². The number of likely N-dealkylation sites (tertiary alicyclic amines) is 1. The molecule has 7 heteroatoms. The van der Waals surface area contributed by atoms with Gasteiger partial charge in [-0.05, 0) is 43.9 Å². The van der Waals surface area contributed by atoms with Crippen LogP contribution in [0.15, 0.2) is 23.2 Å². The number of carbonyl (C=O) groups excluding carboxylic acids is 2. The molecular formula is C17H20ClN3O2S. The van der Waals surface area contributed by atoms with Crippen molar-refractivity contribution >= 4 is 46.0 Å². The summed E-state index contributed by atoms with van der Waals surface area (Å²) in [4.78, 5) is 30.6. The second-order valence-electron chi connectivity index (χ2n) is 6.10. The summed E-state index contributed by atoms with van der Waals surface area (Å²) in [5.41, 5.74) is 1.60. The Kier molecular flexibility index (Phi) is 5.46. The van der Waals surface area contributed by atoms with Gasteiger partial charge in [-0.2, -0.15) is 4.99 Å². The summed E-state index contributed by atoms with van der Waals surface area (Å²) in [6.45, 7) is 3.79. The van der Waals surface area contributed by atoms with Gasteiger partial charge >= 0.3 is 0 Å². The van der Waals surface area contributed by atoms with Gasteiger partial charge in [-0.3, -0.25) is 9.59 Å². The molecule has 128 valence electrons. The SMILES string of the molecule is Cc1ccc(NC(=O)C[C@H]2SC(N3CCCCC3)=NC2=O)cc1Cl. The summed E-state index contributed by atoms with van der Waals surface area (Å²) in [5.74, 6) is -0.409. The number of thioether (sulfide) groups is 1. The number of hydrogen-bond donors (Lipinski definition) is 1. The number of hydrogen-bond acceptors (Lipinski definition) is 4. The van der Waals surface area contributed by atoms with Crippen molar-refractivity contribution in [2.24, 2.45) is 4.99 Å². The maximum absolute atomic E-state index is 12.2. The Hall–Kier alpha value is -1.53. The quantitative estimate of drug-likeness (QED) is 0.891. The van der Waals surface area contributed by atoms with Crippen molar-refractivity contribution in [1.82, 2.24) is 4.90 Å². The molecule has 2 amide bonds. The molecule has 24 heavy (non-hydrogen) atoms. The van der Waals surface area contributed by atoms with E-state index in [0.717, 1.165) is 36.7 Å². The van der Waals surface area contributed by atoms with Gasteiger partial charge in [0.1, 0.15) is 5.25 Å². The van der Waals surface area contributed by atoms with Gasteiger partial charge in [0.15, 0.2) is 5.17 Å². The molecule has 1 aromatic carbocycles. The molecular weight excluding hydrogens is 346 g/mol. The van der Waals surface area contributed by atoms with Gasteiger partial charge in [-0.15, -0.1) is 0 Å². The molecule has 1 fully saturated rings. The highest BCUT2D eigenvalue weighted by molar-refractivity contribution is 8.15. The number of nitrogens with one attached hydrogen (secondary N) is 1. The molecule has 0 spiro atoms. The number of nitrogens with zero attached hydrogens (tertiary/aromatic N) is 2. The predicted octanol–water partition coefficient (Wildman–Crippen LogP) is 3.46. The fourth-order valence-electron chi connectivity index (χ4n) is 2.78. The maximum Gasteiger partial charge on any atom is 0.262 e. The first kappa shape index (κ1) is 17.3. The van der Waals surface area contributed by atoms with Crippen LogP contribution in [0.3, 0.4) is 0 Å². The van der Waals surface area contributed by atoms with Gasteiger partial charge in [-0.25, -0.2) is 0 Å². The highest BCUT2D eigenvalue weighted by Gasteiger charge is 2.33. The van der Waals surface area contributed by atoms with Crippen LogP contribution in [-0.2, 0) is 9.59 Å². The Morgan fingerprint density at radius 3 is 2.83 bits per heavy atom. The molecule has 1 aromatic rings. The predicted molar refractivity (Wildman–Crippen MR) is 98.7 cm³/mol. The minimum Gasteiger partial charge on any atom is -0.351 e. The number of anilines is 1. The minimum absolute atomic E-state index is 0.121. The molecule has 1 atom stereocenters. The Labute approximate surface area is 150 Å². The lowest BCUT2D eigenvalue weighted by atomic mass is 10.1. The largest absolute Gasteiger partial charge is 0.351 e. The monoisotopic (exact) mass is 365 g/mol. The van der Waals surface area contributed by atoms with E-state index < -0.39 is 5.25 Å². The van der Waals surface area contributed by atoms with E-state index >= 15 is 0 Å². The molecule has 0 bridgehead atoms. The van der Waals surface area contributed by atoms with Crippen LogP contribution in [-0.4, -0.2) is 40.2 Å². The number of aryl methyl sites for hydroxylation is 1. The molecule has 2 aliphatic heterocycles. The molecule has 5 nitrogen and oxygen atoms in total. The van der Waals surface area contributed by atoms with Crippen molar-refractivity contribution in [2.75, 3.05) is 18.4 Å². The zero-order valence-electron chi connectivity index (χ0n) is 13.5. The second-order valence-corrected chi connectivity index (χ2v) is 7.68. The maximum atomic E-state index is 12.2.